The molecule has 0 spiro atoms. The quantitative estimate of drug-likeness (QED) is 0.555. The lowest BCUT2D eigenvalue weighted by atomic mass is 9.93. The summed E-state index contributed by atoms with van der Waals surface area (Å²) in [6.45, 7) is 6.14. The van der Waals surface area contributed by atoms with Gasteiger partial charge in [-0.3, -0.25) is 9.36 Å². The van der Waals surface area contributed by atoms with Crippen LogP contribution < -0.4 is 10.9 Å². The van der Waals surface area contributed by atoms with Crippen LogP contribution in [0.25, 0.3) is 10.2 Å². The Morgan fingerprint density at radius 1 is 1.40 bits per heavy atom. The third-order valence-corrected chi connectivity index (χ3v) is 6.71. The van der Waals surface area contributed by atoms with Gasteiger partial charge in [-0.25, -0.2) is 9.37 Å². The second kappa shape index (κ2) is 9.37. The first-order valence-electron chi connectivity index (χ1n) is 10.6. The predicted molar refractivity (Wildman–Crippen MR) is 119 cm³/mol. The van der Waals surface area contributed by atoms with Crippen LogP contribution >= 0.6 is 11.3 Å². The van der Waals surface area contributed by atoms with Crippen molar-refractivity contribution in [3.63, 3.8) is 0 Å². The summed E-state index contributed by atoms with van der Waals surface area (Å²) in [5.74, 6) is -0.251. The average Bonchev–Trinajstić information content (AvgIpc) is 3.09. The van der Waals surface area contributed by atoms with E-state index >= 15 is 0 Å². The van der Waals surface area contributed by atoms with Crippen LogP contribution in [0.1, 0.15) is 36.3 Å². The number of aromatic nitrogens is 2. The molecule has 3 aromatic rings. The Kier molecular flexibility index (Phi) is 6.61. The fourth-order valence-electron chi connectivity index (χ4n) is 4.03. The molecule has 0 aliphatic heterocycles. The predicted octanol–water partition coefficient (Wildman–Crippen LogP) is 3.71. The molecule has 1 aliphatic rings. The van der Waals surface area contributed by atoms with E-state index in [9.17, 15) is 9.18 Å². The molecule has 160 valence electrons. The summed E-state index contributed by atoms with van der Waals surface area (Å²) in [7, 11) is 0. The molecule has 0 radical (unpaired) electrons. The SMILES string of the molecule is CC(C)OCCNC1CCc2c(sc3ncn(CCc4cccc(F)c4)c(=O)c23)C1. The normalized spacial score (nSPS) is 16.3. The molecular formula is C23H28FN3O2S. The van der Waals surface area contributed by atoms with Gasteiger partial charge in [0.25, 0.3) is 5.56 Å². The standard InChI is InChI=1S/C23H28FN3O2S/c1-15(2)29-11-9-25-18-6-7-19-20(13-18)30-22-21(19)23(28)27(14-26-22)10-8-16-4-3-5-17(24)12-16/h3-5,12,14-15,18,25H,6-11,13H2,1-2H3. The van der Waals surface area contributed by atoms with Gasteiger partial charge in [-0.05, 0) is 62.8 Å². The number of nitrogens with zero attached hydrogens (tertiary/aromatic N) is 2. The lowest BCUT2D eigenvalue weighted by Gasteiger charge is -2.23. The molecule has 0 bridgehead atoms. The topological polar surface area (TPSA) is 56.1 Å². The number of aryl methyl sites for hydroxylation is 3. The summed E-state index contributed by atoms with van der Waals surface area (Å²) in [5, 5.41) is 4.35. The molecule has 4 rings (SSSR count). The van der Waals surface area contributed by atoms with E-state index in [1.165, 1.54) is 22.6 Å². The van der Waals surface area contributed by atoms with Crippen LogP contribution in [0.3, 0.4) is 0 Å². The number of rotatable bonds is 8. The van der Waals surface area contributed by atoms with E-state index in [4.69, 9.17) is 4.74 Å². The van der Waals surface area contributed by atoms with Crippen molar-refractivity contribution < 1.29 is 9.13 Å². The van der Waals surface area contributed by atoms with Crippen molar-refractivity contribution in [2.45, 2.75) is 58.2 Å². The number of hydrogen-bond donors (Lipinski definition) is 1. The van der Waals surface area contributed by atoms with Crippen molar-refractivity contribution in [3.8, 4) is 0 Å². The Labute approximate surface area is 179 Å². The van der Waals surface area contributed by atoms with E-state index in [0.29, 0.717) is 25.6 Å². The highest BCUT2D eigenvalue weighted by Gasteiger charge is 2.25. The summed E-state index contributed by atoms with van der Waals surface area (Å²) < 4.78 is 20.7. The Hall–Kier alpha value is -2.09. The van der Waals surface area contributed by atoms with Crippen molar-refractivity contribution in [2.75, 3.05) is 13.2 Å². The number of halogens is 1. The molecule has 1 aromatic carbocycles. The van der Waals surface area contributed by atoms with E-state index in [1.807, 2.05) is 19.9 Å². The fraction of sp³-hybridized carbons (Fsp3) is 0.478. The molecule has 1 unspecified atom stereocenters. The molecule has 5 nitrogen and oxygen atoms in total. The number of nitrogens with one attached hydrogen (secondary N) is 1. The molecule has 1 aliphatic carbocycles. The molecular weight excluding hydrogens is 401 g/mol. The molecule has 2 aromatic heterocycles. The minimum absolute atomic E-state index is 0.0191. The van der Waals surface area contributed by atoms with Crippen molar-refractivity contribution in [2.24, 2.45) is 0 Å². The molecule has 0 saturated heterocycles. The number of fused-ring (bicyclic) bond motifs is 3. The Bertz CT molecular complexity index is 1080. The van der Waals surface area contributed by atoms with Gasteiger partial charge in [0.05, 0.1) is 24.4 Å². The zero-order valence-electron chi connectivity index (χ0n) is 17.5. The third kappa shape index (κ3) is 4.79. The molecule has 7 heteroatoms. The van der Waals surface area contributed by atoms with Crippen molar-refractivity contribution in [1.82, 2.24) is 14.9 Å². The van der Waals surface area contributed by atoms with Crippen molar-refractivity contribution in [3.05, 3.63) is 62.8 Å². The minimum atomic E-state index is -0.251. The molecule has 30 heavy (non-hydrogen) atoms. The van der Waals surface area contributed by atoms with E-state index in [2.05, 4.69) is 10.3 Å². The summed E-state index contributed by atoms with van der Waals surface area (Å²) in [4.78, 5) is 19.8. The Morgan fingerprint density at radius 2 is 2.27 bits per heavy atom. The fourth-order valence-corrected chi connectivity index (χ4v) is 5.29. The van der Waals surface area contributed by atoms with Gasteiger partial charge >= 0.3 is 0 Å². The van der Waals surface area contributed by atoms with Gasteiger partial charge in [0.1, 0.15) is 10.6 Å². The van der Waals surface area contributed by atoms with Crippen LogP contribution in [0, 0.1) is 5.82 Å². The lowest BCUT2D eigenvalue weighted by molar-refractivity contribution is 0.0791. The molecule has 2 heterocycles. The van der Waals surface area contributed by atoms with Gasteiger partial charge in [0.15, 0.2) is 0 Å². The van der Waals surface area contributed by atoms with Gasteiger partial charge in [0.2, 0.25) is 0 Å². The lowest BCUT2D eigenvalue weighted by Crippen LogP contribution is -2.36. The first-order chi connectivity index (χ1) is 14.5. The van der Waals surface area contributed by atoms with E-state index in [1.54, 1.807) is 28.3 Å². The van der Waals surface area contributed by atoms with Crippen LogP contribution in [-0.4, -0.2) is 34.8 Å². The second-order valence-corrected chi connectivity index (χ2v) is 9.20. The minimum Gasteiger partial charge on any atom is -0.377 e. The van der Waals surface area contributed by atoms with Gasteiger partial charge in [0, 0.05) is 24.0 Å². The molecule has 1 atom stereocenters. The van der Waals surface area contributed by atoms with Crippen molar-refractivity contribution in [1.29, 1.82) is 0 Å². The zero-order valence-corrected chi connectivity index (χ0v) is 18.3. The van der Waals surface area contributed by atoms with Crippen molar-refractivity contribution >= 4 is 21.6 Å². The van der Waals surface area contributed by atoms with E-state index in [-0.39, 0.29) is 17.5 Å². The number of thiophene rings is 1. The Morgan fingerprint density at radius 3 is 3.07 bits per heavy atom. The van der Waals surface area contributed by atoms with Gasteiger partial charge in [-0.2, -0.15) is 0 Å². The number of ether oxygens (including phenoxy) is 1. The van der Waals surface area contributed by atoms with Crippen LogP contribution in [-0.2, 0) is 30.5 Å². The molecule has 0 saturated carbocycles. The van der Waals surface area contributed by atoms with Crippen LogP contribution in [0.2, 0.25) is 0 Å². The highest BCUT2D eigenvalue weighted by molar-refractivity contribution is 7.18. The largest absolute Gasteiger partial charge is 0.377 e. The highest BCUT2D eigenvalue weighted by atomic mass is 32.1. The summed E-state index contributed by atoms with van der Waals surface area (Å²) >= 11 is 1.64. The summed E-state index contributed by atoms with van der Waals surface area (Å²) in [6.07, 6.45) is 5.32. The average molecular weight is 430 g/mol. The highest BCUT2D eigenvalue weighted by Crippen LogP contribution is 2.33. The van der Waals surface area contributed by atoms with Gasteiger partial charge in [-0.1, -0.05) is 12.1 Å². The summed E-state index contributed by atoms with van der Waals surface area (Å²) in [5.41, 5.74) is 2.07. The van der Waals surface area contributed by atoms with Gasteiger partial charge < -0.3 is 10.1 Å². The maximum Gasteiger partial charge on any atom is 0.262 e. The molecule has 1 N–H and O–H groups in total. The maximum atomic E-state index is 13.4. The third-order valence-electron chi connectivity index (χ3n) is 5.55. The van der Waals surface area contributed by atoms with E-state index < -0.39 is 0 Å². The monoisotopic (exact) mass is 429 g/mol. The van der Waals surface area contributed by atoms with Crippen LogP contribution in [0.4, 0.5) is 4.39 Å². The number of hydrogen-bond acceptors (Lipinski definition) is 5. The molecule has 0 fully saturated rings. The first-order valence-corrected chi connectivity index (χ1v) is 11.4. The van der Waals surface area contributed by atoms with Crippen LogP contribution in [0.15, 0.2) is 35.4 Å². The zero-order chi connectivity index (χ0) is 21.1. The van der Waals surface area contributed by atoms with Crippen LogP contribution in [0.5, 0.6) is 0 Å². The van der Waals surface area contributed by atoms with E-state index in [0.717, 1.165) is 41.6 Å². The second-order valence-electron chi connectivity index (χ2n) is 8.12. The smallest absolute Gasteiger partial charge is 0.262 e. The Balaban J connectivity index is 1.46. The molecule has 0 amide bonds. The van der Waals surface area contributed by atoms with Gasteiger partial charge in [-0.15, -0.1) is 11.3 Å². The number of benzene rings is 1. The summed E-state index contributed by atoms with van der Waals surface area (Å²) in [6, 6.07) is 6.94. The maximum absolute atomic E-state index is 13.4. The first kappa shape index (κ1) is 21.2.